The molecule has 0 aliphatic carbocycles. The summed E-state index contributed by atoms with van der Waals surface area (Å²) >= 11 is 0. The van der Waals surface area contributed by atoms with E-state index in [-0.39, 0.29) is 11.8 Å². The van der Waals surface area contributed by atoms with Crippen molar-refractivity contribution in [2.75, 3.05) is 6.54 Å². The Kier molecular flexibility index (Phi) is 8.16. The number of pyridine rings is 2. The second-order valence-electron chi connectivity index (χ2n) is 6.22. The Labute approximate surface area is 160 Å². The van der Waals surface area contributed by atoms with Crippen molar-refractivity contribution >= 4 is 11.8 Å². The fourth-order valence-corrected chi connectivity index (χ4v) is 2.78. The van der Waals surface area contributed by atoms with Crippen molar-refractivity contribution in [3.63, 3.8) is 0 Å². The van der Waals surface area contributed by atoms with E-state index in [4.69, 9.17) is 0 Å². The molecule has 0 fully saturated rings. The molecule has 0 bridgehead atoms. The molecule has 2 amide bonds. The van der Waals surface area contributed by atoms with Gasteiger partial charge in [-0.15, -0.1) is 6.58 Å². The maximum Gasteiger partial charge on any atom is 0.256 e. The Morgan fingerprint density at radius 3 is 2.63 bits per heavy atom. The molecule has 2 aromatic rings. The zero-order valence-electron chi connectivity index (χ0n) is 15.7. The van der Waals surface area contributed by atoms with Crippen LogP contribution in [0.2, 0.25) is 0 Å². The fraction of sp³-hybridized carbons (Fsp3) is 0.333. The van der Waals surface area contributed by atoms with Crippen molar-refractivity contribution in [1.29, 1.82) is 0 Å². The molecule has 6 heteroatoms. The highest BCUT2D eigenvalue weighted by molar-refractivity contribution is 5.97. The summed E-state index contributed by atoms with van der Waals surface area (Å²) in [6.45, 7) is 6.40. The first-order chi connectivity index (χ1) is 13.2. The van der Waals surface area contributed by atoms with E-state index in [1.165, 1.54) is 6.20 Å². The van der Waals surface area contributed by atoms with E-state index in [0.29, 0.717) is 25.1 Å². The number of hydrogen-bond acceptors (Lipinski definition) is 4. The number of aromatic nitrogens is 2. The molecule has 0 spiro atoms. The van der Waals surface area contributed by atoms with Crippen molar-refractivity contribution in [3.05, 3.63) is 72.8 Å². The average molecular weight is 366 g/mol. The van der Waals surface area contributed by atoms with E-state index in [1.54, 1.807) is 41.7 Å². The van der Waals surface area contributed by atoms with Gasteiger partial charge in [0.05, 0.1) is 5.56 Å². The summed E-state index contributed by atoms with van der Waals surface area (Å²) in [5.74, 6) is -0.385. The molecular formula is C21H26N4O2. The Bertz CT molecular complexity index is 734. The Balaban J connectivity index is 2.35. The lowest BCUT2D eigenvalue weighted by atomic mass is 10.0. The van der Waals surface area contributed by atoms with Crippen molar-refractivity contribution in [3.8, 4) is 0 Å². The van der Waals surface area contributed by atoms with Crippen LogP contribution in [0.4, 0.5) is 0 Å². The van der Waals surface area contributed by atoms with Gasteiger partial charge >= 0.3 is 0 Å². The van der Waals surface area contributed by atoms with Crippen LogP contribution in [0.25, 0.3) is 0 Å². The molecule has 0 saturated carbocycles. The second kappa shape index (κ2) is 10.9. The van der Waals surface area contributed by atoms with Crippen LogP contribution >= 0.6 is 0 Å². The normalized spacial score (nSPS) is 11.4. The Morgan fingerprint density at radius 2 is 2.00 bits per heavy atom. The minimum atomic E-state index is -0.564. The zero-order chi connectivity index (χ0) is 19.5. The average Bonchev–Trinajstić information content (AvgIpc) is 2.72. The van der Waals surface area contributed by atoms with Gasteiger partial charge in [-0.25, -0.2) is 0 Å². The highest BCUT2D eigenvalue weighted by Crippen LogP contribution is 2.17. The lowest BCUT2D eigenvalue weighted by Crippen LogP contribution is -2.49. The molecule has 2 rings (SSSR count). The topological polar surface area (TPSA) is 75.2 Å². The largest absolute Gasteiger partial charge is 0.351 e. The number of nitrogens with one attached hydrogen (secondary N) is 1. The van der Waals surface area contributed by atoms with Crippen molar-refractivity contribution < 1.29 is 9.59 Å². The molecule has 0 aliphatic rings. The monoisotopic (exact) mass is 366 g/mol. The number of carbonyl (C=O) groups is 2. The molecule has 1 atom stereocenters. The predicted octanol–water partition coefficient (Wildman–Crippen LogP) is 2.98. The van der Waals surface area contributed by atoms with Gasteiger partial charge in [-0.1, -0.05) is 25.8 Å². The van der Waals surface area contributed by atoms with E-state index in [0.717, 1.165) is 18.4 Å². The quantitative estimate of drug-likeness (QED) is 0.656. The SMILES string of the molecule is C=CCNC(=O)C(CCCC)N(Cc1ccncc1)C(=O)c1cccnc1. The van der Waals surface area contributed by atoms with Gasteiger partial charge in [0.25, 0.3) is 5.91 Å². The van der Waals surface area contributed by atoms with Crippen LogP contribution in [0.1, 0.15) is 42.1 Å². The van der Waals surface area contributed by atoms with E-state index in [1.807, 2.05) is 12.1 Å². The van der Waals surface area contributed by atoms with Crippen LogP contribution in [-0.2, 0) is 11.3 Å². The fourth-order valence-electron chi connectivity index (χ4n) is 2.78. The molecular weight excluding hydrogens is 340 g/mol. The Morgan fingerprint density at radius 1 is 1.22 bits per heavy atom. The van der Waals surface area contributed by atoms with Crippen LogP contribution in [-0.4, -0.2) is 39.3 Å². The molecule has 0 radical (unpaired) electrons. The number of carbonyl (C=O) groups excluding carboxylic acids is 2. The Hall–Kier alpha value is -3.02. The molecule has 6 nitrogen and oxygen atoms in total. The first kappa shape index (κ1) is 20.3. The maximum atomic E-state index is 13.2. The smallest absolute Gasteiger partial charge is 0.256 e. The van der Waals surface area contributed by atoms with E-state index in [9.17, 15) is 9.59 Å². The standard InChI is InChI=1S/C21H26N4O2/c1-3-5-8-19(20(26)24-11-4-2)25(16-17-9-13-22-14-10-17)21(27)18-7-6-12-23-15-18/h4,6-7,9-10,12-15,19H,2-3,5,8,11,16H2,1H3,(H,24,26). The van der Waals surface area contributed by atoms with E-state index >= 15 is 0 Å². The summed E-state index contributed by atoms with van der Waals surface area (Å²) in [4.78, 5) is 35.7. The van der Waals surface area contributed by atoms with Crippen molar-refractivity contribution in [2.45, 2.75) is 38.8 Å². The van der Waals surface area contributed by atoms with Gasteiger partial charge in [-0.3, -0.25) is 19.6 Å². The van der Waals surface area contributed by atoms with Gasteiger partial charge in [0.15, 0.2) is 0 Å². The number of hydrogen-bond donors (Lipinski definition) is 1. The highest BCUT2D eigenvalue weighted by Gasteiger charge is 2.30. The maximum absolute atomic E-state index is 13.2. The lowest BCUT2D eigenvalue weighted by Gasteiger charge is -2.31. The summed E-state index contributed by atoms with van der Waals surface area (Å²) in [6.07, 6.45) is 10.5. The molecule has 142 valence electrons. The molecule has 0 aliphatic heterocycles. The van der Waals surface area contributed by atoms with Crippen LogP contribution in [0.3, 0.4) is 0 Å². The van der Waals surface area contributed by atoms with Crippen molar-refractivity contribution in [1.82, 2.24) is 20.2 Å². The van der Waals surface area contributed by atoms with Crippen molar-refractivity contribution in [2.24, 2.45) is 0 Å². The molecule has 27 heavy (non-hydrogen) atoms. The highest BCUT2D eigenvalue weighted by atomic mass is 16.2. The minimum absolute atomic E-state index is 0.172. The van der Waals surface area contributed by atoms with E-state index in [2.05, 4.69) is 28.8 Å². The minimum Gasteiger partial charge on any atom is -0.351 e. The van der Waals surface area contributed by atoms with Gasteiger partial charge in [0.1, 0.15) is 6.04 Å². The summed E-state index contributed by atoms with van der Waals surface area (Å²) < 4.78 is 0. The van der Waals surface area contributed by atoms with Crippen LogP contribution in [0.15, 0.2) is 61.7 Å². The van der Waals surface area contributed by atoms with Gasteiger partial charge < -0.3 is 10.2 Å². The predicted molar refractivity (Wildman–Crippen MR) is 105 cm³/mol. The summed E-state index contributed by atoms with van der Waals surface area (Å²) in [7, 11) is 0. The number of rotatable bonds is 10. The molecule has 1 N–H and O–H groups in total. The lowest BCUT2D eigenvalue weighted by molar-refractivity contribution is -0.125. The van der Waals surface area contributed by atoms with E-state index < -0.39 is 6.04 Å². The number of amides is 2. The summed E-state index contributed by atoms with van der Waals surface area (Å²) in [6, 6.07) is 6.57. The first-order valence-electron chi connectivity index (χ1n) is 9.15. The number of nitrogens with zero attached hydrogens (tertiary/aromatic N) is 3. The van der Waals surface area contributed by atoms with Crippen LogP contribution in [0.5, 0.6) is 0 Å². The second-order valence-corrected chi connectivity index (χ2v) is 6.22. The molecule has 1 unspecified atom stereocenters. The van der Waals surface area contributed by atoms with Crippen LogP contribution < -0.4 is 5.32 Å². The first-order valence-corrected chi connectivity index (χ1v) is 9.15. The van der Waals surface area contributed by atoms with Gasteiger partial charge in [-0.2, -0.15) is 0 Å². The third-order valence-electron chi connectivity index (χ3n) is 4.20. The van der Waals surface area contributed by atoms with Gasteiger partial charge in [-0.05, 0) is 36.2 Å². The third-order valence-corrected chi connectivity index (χ3v) is 4.20. The molecule has 2 heterocycles. The molecule has 0 aromatic carbocycles. The summed E-state index contributed by atoms with van der Waals surface area (Å²) in [5.41, 5.74) is 1.38. The zero-order valence-corrected chi connectivity index (χ0v) is 15.7. The third kappa shape index (κ3) is 6.02. The molecule has 0 saturated heterocycles. The van der Waals surface area contributed by atoms with Crippen LogP contribution in [0, 0.1) is 0 Å². The molecule has 2 aromatic heterocycles. The van der Waals surface area contributed by atoms with Gasteiger partial charge in [0.2, 0.25) is 5.91 Å². The van der Waals surface area contributed by atoms with Gasteiger partial charge in [0, 0.05) is 37.9 Å². The summed E-state index contributed by atoms with van der Waals surface area (Å²) in [5, 5.41) is 2.84. The number of unbranched alkanes of at least 4 members (excludes halogenated alkanes) is 1.